The van der Waals surface area contributed by atoms with Crippen LogP contribution in [-0.4, -0.2) is 53.8 Å². The molecule has 2 aliphatic rings. The van der Waals surface area contributed by atoms with Crippen molar-refractivity contribution in [2.24, 2.45) is 5.92 Å². The molecule has 0 radical (unpaired) electrons. The van der Waals surface area contributed by atoms with E-state index >= 15 is 0 Å². The first kappa shape index (κ1) is 13.1. The van der Waals surface area contributed by atoms with Crippen LogP contribution in [-0.2, 0) is 9.53 Å². The second kappa shape index (κ2) is 5.56. The van der Waals surface area contributed by atoms with Crippen molar-refractivity contribution in [2.75, 3.05) is 19.7 Å². The number of carbonyl (C=O) groups excluding carboxylic acids is 1. The molecule has 1 saturated heterocycles. The first-order valence-corrected chi connectivity index (χ1v) is 6.49. The molecule has 102 valence electrons. The van der Waals surface area contributed by atoms with Gasteiger partial charge >= 0.3 is 12.0 Å². The van der Waals surface area contributed by atoms with Crippen LogP contribution in [0.3, 0.4) is 0 Å². The predicted octanol–water partition coefficient (Wildman–Crippen LogP) is 0.670. The lowest BCUT2D eigenvalue weighted by Crippen LogP contribution is -2.50. The third kappa shape index (κ3) is 3.35. The number of rotatable bonds is 4. The summed E-state index contributed by atoms with van der Waals surface area (Å²) in [6, 6.07) is 0.220. The van der Waals surface area contributed by atoms with E-state index in [4.69, 9.17) is 9.84 Å². The average Bonchev–Trinajstić information content (AvgIpc) is 3.07. The third-order valence-electron chi connectivity index (χ3n) is 3.58. The predicted molar refractivity (Wildman–Crippen MR) is 64.3 cm³/mol. The van der Waals surface area contributed by atoms with Crippen LogP contribution in [0.4, 0.5) is 4.79 Å². The molecule has 0 aromatic carbocycles. The lowest BCUT2D eigenvalue weighted by Gasteiger charge is -2.32. The van der Waals surface area contributed by atoms with E-state index in [-0.39, 0.29) is 18.6 Å². The van der Waals surface area contributed by atoms with Gasteiger partial charge in [-0.2, -0.15) is 0 Å². The Labute approximate surface area is 106 Å². The monoisotopic (exact) mass is 256 g/mol. The second-order valence-electron chi connectivity index (χ2n) is 5.00. The fraction of sp³-hybridized carbons (Fsp3) is 0.833. The molecule has 2 fully saturated rings. The number of amides is 2. The Morgan fingerprint density at radius 3 is 2.89 bits per heavy atom. The summed E-state index contributed by atoms with van der Waals surface area (Å²) < 4.78 is 5.33. The van der Waals surface area contributed by atoms with Gasteiger partial charge in [-0.05, 0) is 12.3 Å². The van der Waals surface area contributed by atoms with Crippen LogP contribution in [0.2, 0.25) is 0 Å². The van der Waals surface area contributed by atoms with Gasteiger partial charge in [-0.15, -0.1) is 0 Å². The molecule has 0 spiro atoms. The number of nitrogens with zero attached hydrogens (tertiary/aromatic N) is 1. The molecule has 1 saturated carbocycles. The molecule has 1 aliphatic carbocycles. The van der Waals surface area contributed by atoms with E-state index in [1.807, 2.05) is 0 Å². The van der Waals surface area contributed by atoms with Crippen LogP contribution in [0.5, 0.6) is 0 Å². The van der Waals surface area contributed by atoms with E-state index < -0.39 is 5.97 Å². The fourth-order valence-corrected chi connectivity index (χ4v) is 2.35. The number of morpholine rings is 1. The van der Waals surface area contributed by atoms with Crippen LogP contribution in [0.25, 0.3) is 0 Å². The van der Waals surface area contributed by atoms with Crippen molar-refractivity contribution in [1.29, 1.82) is 0 Å². The van der Waals surface area contributed by atoms with E-state index in [1.165, 1.54) is 0 Å². The van der Waals surface area contributed by atoms with E-state index in [1.54, 1.807) is 4.90 Å². The van der Waals surface area contributed by atoms with E-state index in [2.05, 4.69) is 12.2 Å². The van der Waals surface area contributed by atoms with Crippen LogP contribution in [0.1, 0.15) is 26.2 Å². The maximum absolute atomic E-state index is 12.0. The number of hydrogen-bond donors (Lipinski definition) is 2. The first-order valence-electron chi connectivity index (χ1n) is 6.49. The molecule has 2 N–H and O–H groups in total. The summed E-state index contributed by atoms with van der Waals surface area (Å²) in [6.07, 6.45) is 1.72. The van der Waals surface area contributed by atoms with Crippen molar-refractivity contribution in [1.82, 2.24) is 10.2 Å². The molecule has 18 heavy (non-hydrogen) atoms. The molecule has 2 rings (SSSR count). The molecule has 1 heterocycles. The minimum Gasteiger partial charge on any atom is -0.481 e. The van der Waals surface area contributed by atoms with Gasteiger partial charge < -0.3 is 20.1 Å². The van der Waals surface area contributed by atoms with Gasteiger partial charge in [0, 0.05) is 19.1 Å². The maximum Gasteiger partial charge on any atom is 0.317 e. The minimum atomic E-state index is -0.893. The number of nitrogens with one attached hydrogen (secondary N) is 1. The fourth-order valence-electron chi connectivity index (χ4n) is 2.35. The largest absolute Gasteiger partial charge is 0.481 e. The van der Waals surface area contributed by atoms with Crippen LogP contribution in [0.15, 0.2) is 0 Å². The van der Waals surface area contributed by atoms with Crippen molar-refractivity contribution in [3.63, 3.8) is 0 Å². The first-order chi connectivity index (χ1) is 8.60. The zero-order valence-electron chi connectivity index (χ0n) is 10.6. The zero-order chi connectivity index (χ0) is 13.1. The number of urea groups is 1. The lowest BCUT2D eigenvalue weighted by atomic mass is 10.2. The molecule has 3 unspecified atom stereocenters. The molecule has 6 heteroatoms. The Morgan fingerprint density at radius 1 is 1.50 bits per heavy atom. The molecule has 3 atom stereocenters. The number of carboxylic acid groups (broad SMARTS) is 1. The van der Waals surface area contributed by atoms with Crippen molar-refractivity contribution < 1.29 is 19.4 Å². The maximum atomic E-state index is 12.0. The molecule has 2 amide bonds. The number of carboxylic acids is 1. The van der Waals surface area contributed by atoms with Crippen molar-refractivity contribution >= 4 is 12.0 Å². The third-order valence-corrected chi connectivity index (χ3v) is 3.58. The van der Waals surface area contributed by atoms with Crippen molar-refractivity contribution in [2.45, 2.75) is 38.3 Å². The van der Waals surface area contributed by atoms with Crippen molar-refractivity contribution in [3.8, 4) is 0 Å². The molecular weight excluding hydrogens is 236 g/mol. The number of ether oxygens (including phenoxy) is 1. The molecule has 6 nitrogen and oxygen atoms in total. The summed E-state index contributed by atoms with van der Waals surface area (Å²) in [6.45, 7) is 3.43. The molecule has 0 bridgehead atoms. The highest BCUT2D eigenvalue weighted by molar-refractivity contribution is 5.75. The molecule has 0 aromatic rings. The zero-order valence-corrected chi connectivity index (χ0v) is 10.6. The Balaban J connectivity index is 1.77. The topological polar surface area (TPSA) is 78.9 Å². The Hall–Kier alpha value is -1.30. The van der Waals surface area contributed by atoms with E-state index in [0.29, 0.717) is 31.7 Å². The van der Waals surface area contributed by atoms with Crippen LogP contribution < -0.4 is 5.32 Å². The number of aliphatic carboxylic acids is 1. The highest BCUT2D eigenvalue weighted by Crippen LogP contribution is 2.33. The summed E-state index contributed by atoms with van der Waals surface area (Å²) in [5, 5.41) is 11.7. The summed E-state index contributed by atoms with van der Waals surface area (Å²) in [7, 11) is 0. The lowest BCUT2D eigenvalue weighted by molar-refractivity contribution is -0.141. The van der Waals surface area contributed by atoms with Crippen molar-refractivity contribution in [3.05, 3.63) is 0 Å². The number of carbonyl (C=O) groups is 2. The van der Waals surface area contributed by atoms with E-state index in [9.17, 15) is 9.59 Å². The molecule has 0 aromatic heterocycles. The SMILES string of the molecule is CCC1CC1NC(=O)N1CCOC(CC(=O)O)C1. The standard InChI is InChI=1S/C12H20N2O4/c1-2-8-5-10(8)13-12(17)14-3-4-18-9(7-14)6-11(15)16/h8-10H,2-7H2,1H3,(H,13,17)(H,15,16). The highest BCUT2D eigenvalue weighted by atomic mass is 16.5. The Kier molecular flexibility index (Phi) is 4.06. The van der Waals surface area contributed by atoms with Crippen LogP contribution in [0, 0.1) is 5.92 Å². The van der Waals surface area contributed by atoms with Gasteiger partial charge in [0.2, 0.25) is 0 Å². The quantitative estimate of drug-likeness (QED) is 0.775. The summed E-state index contributed by atoms with van der Waals surface area (Å²) in [5.41, 5.74) is 0. The highest BCUT2D eigenvalue weighted by Gasteiger charge is 2.38. The smallest absolute Gasteiger partial charge is 0.317 e. The van der Waals surface area contributed by atoms with Gasteiger partial charge in [-0.25, -0.2) is 4.79 Å². The van der Waals surface area contributed by atoms with Crippen LogP contribution >= 0.6 is 0 Å². The Morgan fingerprint density at radius 2 is 2.28 bits per heavy atom. The minimum absolute atomic E-state index is 0.0508. The van der Waals surface area contributed by atoms with Gasteiger partial charge in [0.1, 0.15) is 0 Å². The Bertz CT molecular complexity index is 334. The summed E-state index contributed by atoms with van der Waals surface area (Å²) in [5.74, 6) is -0.277. The van der Waals surface area contributed by atoms with E-state index in [0.717, 1.165) is 12.8 Å². The molecule has 1 aliphatic heterocycles. The molecular formula is C12H20N2O4. The second-order valence-corrected chi connectivity index (χ2v) is 5.00. The summed E-state index contributed by atoms with van der Waals surface area (Å²) >= 11 is 0. The van der Waals surface area contributed by atoms with Gasteiger partial charge in [-0.1, -0.05) is 13.3 Å². The number of hydrogen-bond acceptors (Lipinski definition) is 3. The van der Waals surface area contributed by atoms with Gasteiger partial charge in [-0.3, -0.25) is 4.79 Å². The normalized spacial score (nSPS) is 30.9. The van der Waals surface area contributed by atoms with Gasteiger partial charge in [0.25, 0.3) is 0 Å². The van der Waals surface area contributed by atoms with Gasteiger partial charge in [0.15, 0.2) is 0 Å². The average molecular weight is 256 g/mol. The summed E-state index contributed by atoms with van der Waals surface area (Å²) in [4.78, 5) is 24.2. The van der Waals surface area contributed by atoms with Gasteiger partial charge in [0.05, 0.1) is 19.1 Å².